The Morgan fingerprint density at radius 3 is 2.00 bits per heavy atom. The van der Waals surface area contributed by atoms with Crippen LogP contribution in [0.15, 0.2) is 30.3 Å². The Kier molecular flexibility index (Phi) is 1.87. The number of nitrogens with two attached hydrogens (primary N) is 1. The van der Waals surface area contributed by atoms with Crippen molar-refractivity contribution in [3.63, 3.8) is 0 Å². The minimum Gasteiger partial charge on any atom is -0.325 e. The highest BCUT2D eigenvalue weighted by Gasteiger charge is 2.69. The van der Waals surface area contributed by atoms with E-state index >= 15 is 0 Å². The van der Waals surface area contributed by atoms with Crippen LogP contribution in [0.3, 0.4) is 0 Å². The van der Waals surface area contributed by atoms with E-state index in [-0.39, 0.29) is 11.0 Å². The summed E-state index contributed by atoms with van der Waals surface area (Å²) in [6, 6.07) is 10.9. The van der Waals surface area contributed by atoms with Gasteiger partial charge in [0.1, 0.15) is 0 Å². The molecule has 0 amide bonds. The lowest BCUT2D eigenvalue weighted by molar-refractivity contribution is 0.224. The lowest BCUT2D eigenvalue weighted by Gasteiger charge is -2.40. The van der Waals surface area contributed by atoms with Gasteiger partial charge in [-0.25, -0.2) is 0 Å². The molecule has 0 aliphatic heterocycles. The van der Waals surface area contributed by atoms with Crippen LogP contribution in [0.5, 0.6) is 0 Å². The molecular formula is C15H21N. The fourth-order valence-corrected chi connectivity index (χ4v) is 3.61. The summed E-state index contributed by atoms with van der Waals surface area (Å²) in [5.41, 5.74) is 8.70. The van der Waals surface area contributed by atoms with Crippen LogP contribution in [-0.4, -0.2) is 5.54 Å². The maximum atomic E-state index is 6.51. The van der Waals surface area contributed by atoms with Gasteiger partial charge in [0.05, 0.1) is 0 Å². The lowest BCUT2D eigenvalue weighted by Crippen LogP contribution is -2.46. The SMILES string of the molecule is CC(C)(c1ccccc1)C1(C2(N)CC2)CC1. The fourth-order valence-electron chi connectivity index (χ4n) is 3.61. The summed E-state index contributed by atoms with van der Waals surface area (Å²) >= 11 is 0. The second-order valence-corrected chi connectivity index (χ2v) is 6.23. The molecule has 3 rings (SSSR count). The molecule has 0 saturated heterocycles. The molecule has 86 valence electrons. The van der Waals surface area contributed by atoms with Crippen LogP contribution in [-0.2, 0) is 5.41 Å². The van der Waals surface area contributed by atoms with Crippen molar-refractivity contribution in [2.75, 3.05) is 0 Å². The van der Waals surface area contributed by atoms with Gasteiger partial charge in [0, 0.05) is 5.54 Å². The topological polar surface area (TPSA) is 26.0 Å². The van der Waals surface area contributed by atoms with Crippen molar-refractivity contribution in [2.24, 2.45) is 11.1 Å². The average molecular weight is 215 g/mol. The molecule has 1 heteroatoms. The Morgan fingerprint density at radius 2 is 1.56 bits per heavy atom. The molecule has 1 aromatic rings. The van der Waals surface area contributed by atoms with Crippen molar-refractivity contribution in [1.82, 2.24) is 0 Å². The number of rotatable bonds is 3. The first-order chi connectivity index (χ1) is 7.52. The average Bonchev–Trinajstić information content (AvgIpc) is 3.13. The summed E-state index contributed by atoms with van der Waals surface area (Å²) < 4.78 is 0. The highest BCUT2D eigenvalue weighted by atomic mass is 14.9. The van der Waals surface area contributed by atoms with Gasteiger partial charge in [-0.2, -0.15) is 0 Å². The van der Waals surface area contributed by atoms with Crippen molar-refractivity contribution in [3.8, 4) is 0 Å². The maximum absolute atomic E-state index is 6.51. The van der Waals surface area contributed by atoms with Crippen LogP contribution in [0.4, 0.5) is 0 Å². The standard InChI is InChI=1S/C15H21N/c1-13(2,12-6-4-3-5-7-12)14(8-9-14)15(16)10-11-15/h3-7H,8-11,16H2,1-2H3. The van der Waals surface area contributed by atoms with Crippen LogP contribution in [0.2, 0.25) is 0 Å². The van der Waals surface area contributed by atoms with Gasteiger partial charge in [0.25, 0.3) is 0 Å². The second kappa shape index (κ2) is 2.89. The van der Waals surface area contributed by atoms with Gasteiger partial charge >= 0.3 is 0 Å². The van der Waals surface area contributed by atoms with Crippen molar-refractivity contribution in [3.05, 3.63) is 35.9 Å². The second-order valence-electron chi connectivity index (χ2n) is 6.23. The predicted molar refractivity (Wildman–Crippen MR) is 67.3 cm³/mol. The van der Waals surface area contributed by atoms with E-state index < -0.39 is 0 Å². The number of hydrogen-bond donors (Lipinski definition) is 1. The molecule has 1 nitrogen and oxygen atoms in total. The lowest BCUT2D eigenvalue weighted by atomic mass is 9.66. The molecule has 1 aromatic carbocycles. The molecule has 2 N–H and O–H groups in total. The molecule has 2 aliphatic rings. The Morgan fingerprint density at radius 1 is 1.00 bits per heavy atom. The smallest absolute Gasteiger partial charge is 0.0221 e. The molecule has 0 heterocycles. The quantitative estimate of drug-likeness (QED) is 0.823. The van der Waals surface area contributed by atoms with Crippen LogP contribution in [0.1, 0.15) is 45.1 Å². The summed E-state index contributed by atoms with van der Waals surface area (Å²) in [5, 5.41) is 0. The third kappa shape index (κ3) is 1.15. The van der Waals surface area contributed by atoms with Gasteiger partial charge < -0.3 is 5.73 Å². The van der Waals surface area contributed by atoms with E-state index in [1.807, 2.05) is 0 Å². The minimum absolute atomic E-state index is 0.145. The van der Waals surface area contributed by atoms with Gasteiger partial charge in [-0.05, 0) is 42.1 Å². The van der Waals surface area contributed by atoms with Gasteiger partial charge in [-0.15, -0.1) is 0 Å². The zero-order valence-corrected chi connectivity index (χ0v) is 10.3. The summed E-state index contributed by atoms with van der Waals surface area (Å²) in [6.07, 6.45) is 5.07. The van der Waals surface area contributed by atoms with E-state index in [2.05, 4.69) is 44.2 Å². The molecule has 0 radical (unpaired) electrons. The van der Waals surface area contributed by atoms with E-state index in [9.17, 15) is 0 Å². The molecule has 0 aromatic heterocycles. The van der Waals surface area contributed by atoms with E-state index in [0.29, 0.717) is 5.41 Å². The van der Waals surface area contributed by atoms with Gasteiger partial charge in [-0.3, -0.25) is 0 Å². The van der Waals surface area contributed by atoms with E-state index in [1.54, 1.807) is 0 Å². The molecule has 0 spiro atoms. The van der Waals surface area contributed by atoms with E-state index in [0.717, 1.165) is 0 Å². The van der Waals surface area contributed by atoms with Gasteiger partial charge in [0.15, 0.2) is 0 Å². The van der Waals surface area contributed by atoms with Crippen molar-refractivity contribution in [2.45, 2.75) is 50.5 Å². The van der Waals surface area contributed by atoms with E-state index in [4.69, 9.17) is 5.73 Å². The van der Waals surface area contributed by atoms with Crippen LogP contribution < -0.4 is 5.73 Å². The van der Waals surface area contributed by atoms with Crippen LogP contribution in [0, 0.1) is 5.41 Å². The largest absolute Gasteiger partial charge is 0.325 e. The normalized spacial score (nSPS) is 25.2. The van der Waals surface area contributed by atoms with Gasteiger partial charge in [-0.1, -0.05) is 44.2 Å². The Bertz CT molecular complexity index is 397. The van der Waals surface area contributed by atoms with Crippen molar-refractivity contribution in [1.29, 1.82) is 0 Å². The summed E-state index contributed by atoms with van der Waals surface area (Å²) in [4.78, 5) is 0. The maximum Gasteiger partial charge on any atom is 0.0221 e. The predicted octanol–water partition coefficient (Wildman–Crippen LogP) is 3.24. The third-order valence-corrected chi connectivity index (χ3v) is 5.18. The summed E-state index contributed by atoms with van der Waals surface area (Å²) in [6.45, 7) is 4.75. The Labute approximate surface area is 98.0 Å². The first-order valence-corrected chi connectivity index (χ1v) is 6.36. The minimum atomic E-state index is 0.145. The molecule has 16 heavy (non-hydrogen) atoms. The third-order valence-electron chi connectivity index (χ3n) is 5.18. The molecule has 2 aliphatic carbocycles. The van der Waals surface area contributed by atoms with Crippen molar-refractivity contribution < 1.29 is 0 Å². The molecule has 0 bridgehead atoms. The molecular weight excluding hydrogens is 194 g/mol. The van der Waals surface area contributed by atoms with Crippen molar-refractivity contribution >= 4 is 0 Å². The van der Waals surface area contributed by atoms with Gasteiger partial charge in [0.2, 0.25) is 0 Å². The highest BCUT2D eigenvalue weighted by molar-refractivity contribution is 5.35. The zero-order valence-electron chi connectivity index (χ0n) is 10.3. The first-order valence-electron chi connectivity index (χ1n) is 6.36. The summed E-state index contributed by atoms with van der Waals surface area (Å²) in [7, 11) is 0. The van der Waals surface area contributed by atoms with Crippen LogP contribution in [0.25, 0.3) is 0 Å². The highest BCUT2D eigenvalue weighted by Crippen LogP contribution is 2.70. The first kappa shape index (κ1) is 10.3. The Hall–Kier alpha value is -0.820. The van der Waals surface area contributed by atoms with Crippen LogP contribution >= 0.6 is 0 Å². The Balaban J connectivity index is 2.00. The molecule has 2 fully saturated rings. The number of hydrogen-bond acceptors (Lipinski definition) is 1. The monoisotopic (exact) mass is 215 g/mol. The number of benzene rings is 1. The molecule has 0 atom stereocenters. The zero-order chi connectivity index (χ0) is 11.4. The van der Waals surface area contributed by atoms with E-state index in [1.165, 1.54) is 31.2 Å². The summed E-state index contributed by atoms with van der Waals surface area (Å²) in [5.74, 6) is 0. The molecule has 0 unspecified atom stereocenters. The molecule has 2 saturated carbocycles. The fraction of sp³-hybridized carbons (Fsp3) is 0.600.